The van der Waals surface area contributed by atoms with Gasteiger partial charge in [0, 0.05) is 19.7 Å². The number of benzene rings is 3. The smallest absolute Gasteiger partial charge is 0.338 e. The van der Waals surface area contributed by atoms with Gasteiger partial charge in [0.15, 0.2) is 4.80 Å². The third kappa shape index (κ3) is 7.08. The van der Waals surface area contributed by atoms with Gasteiger partial charge in [-0.15, -0.1) is 0 Å². The van der Waals surface area contributed by atoms with Crippen LogP contribution in [0.2, 0.25) is 5.02 Å². The molecule has 11 heteroatoms. The fourth-order valence-corrected chi connectivity index (χ4v) is 8.08. The van der Waals surface area contributed by atoms with Crippen LogP contribution >= 0.6 is 68.1 Å². The third-order valence-corrected chi connectivity index (χ3v) is 9.37. The van der Waals surface area contributed by atoms with E-state index in [1.165, 1.54) is 11.3 Å². The molecule has 1 atom stereocenters. The minimum absolute atomic E-state index is 0.113. The number of nitrogens with zero attached hydrogens (tertiary/aromatic N) is 2. The van der Waals surface area contributed by atoms with E-state index in [2.05, 4.69) is 45.2 Å². The molecule has 5 rings (SSSR count). The van der Waals surface area contributed by atoms with Gasteiger partial charge in [0.05, 0.1) is 32.1 Å². The highest BCUT2D eigenvalue weighted by atomic mass is 127. The van der Waals surface area contributed by atoms with Crippen molar-refractivity contribution in [3.63, 3.8) is 0 Å². The molecular weight excluding hydrogens is 826 g/mol. The van der Waals surface area contributed by atoms with E-state index >= 15 is 0 Å². The molecule has 3 aromatic carbocycles. The van der Waals surface area contributed by atoms with Crippen LogP contribution in [0.25, 0.3) is 6.08 Å². The van der Waals surface area contributed by atoms with Crippen molar-refractivity contribution in [3.05, 3.63) is 120 Å². The molecule has 1 aliphatic heterocycles. The quantitative estimate of drug-likeness (QED) is 0.134. The van der Waals surface area contributed by atoms with Gasteiger partial charge in [0.1, 0.15) is 24.1 Å². The zero-order chi connectivity index (χ0) is 31.5. The van der Waals surface area contributed by atoms with Gasteiger partial charge in [-0.2, -0.15) is 0 Å². The lowest BCUT2D eigenvalue weighted by molar-refractivity contribution is -0.139. The summed E-state index contributed by atoms with van der Waals surface area (Å²) in [6.07, 6.45) is 1.72. The number of fused-ring (bicyclic) bond motifs is 1. The van der Waals surface area contributed by atoms with Gasteiger partial charge in [-0.05, 0) is 115 Å². The standard InChI is InChI=1S/C33H29ClI2N2O5S/c1-5-41-32(40)28-19(4)37-33-38(29(28)24-8-6-7-9-26(24)43-18(2)3)31(39)27(44-33)15-21-14-23(35)16-25(36)30(21)42-17-20-10-12-22(34)13-11-20/h6-16,18,29H,5,17H2,1-4H3/b27-15-/t29-/m1/s1. The first-order valence-electron chi connectivity index (χ1n) is 13.9. The zero-order valence-electron chi connectivity index (χ0n) is 24.4. The minimum Gasteiger partial charge on any atom is -0.491 e. The lowest BCUT2D eigenvalue weighted by atomic mass is 9.95. The fraction of sp³-hybridized carbons (Fsp3) is 0.242. The van der Waals surface area contributed by atoms with Crippen LogP contribution in [0.3, 0.4) is 0 Å². The van der Waals surface area contributed by atoms with E-state index in [0.29, 0.717) is 49.3 Å². The van der Waals surface area contributed by atoms with Crippen LogP contribution in [0.1, 0.15) is 50.4 Å². The topological polar surface area (TPSA) is 79.1 Å². The van der Waals surface area contributed by atoms with Crippen molar-refractivity contribution in [1.29, 1.82) is 0 Å². The van der Waals surface area contributed by atoms with Crippen molar-refractivity contribution in [2.75, 3.05) is 6.61 Å². The molecule has 2 heterocycles. The Morgan fingerprint density at radius 2 is 1.86 bits per heavy atom. The molecule has 0 bridgehead atoms. The van der Waals surface area contributed by atoms with E-state index in [0.717, 1.165) is 18.3 Å². The summed E-state index contributed by atoms with van der Waals surface area (Å²) in [5.41, 5.74) is 2.95. The van der Waals surface area contributed by atoms with Gasteiger partial charge in [0.25, 0.3) is 5.56 Å². The predicted octanol–water partition coefficient (Wildman–Crippen LogP) is 7.03. The fourth-order valence-electron chi connectivity index (χ4n) is 4.87. The van der Waals surface area contributed by atoms with Crippen molar-refractivity contribution < 1.29 is 19.0 Å². The van der Waals surface area contributed by atoms with E-state index in [1.807, 2.05) is 80.6 Å². The van der Waals surface area contributed by atoms with Crippen LogP contribution in [0.15, 0.2) is 81.7 Å². The maximum absolute atomic E-state index is 14.3. The number of ether oxygens (including phenoxy) is 3. The molecular formula is C33H29ClI2N2O5S. The van der Waals surface area contributed by atoms with E-state index < -0.39 is 12.0 Å². The largest absolute Gasteiger partial charge is 0.491 e. The maximum Gasteiger partial charge on any atom is 0.338 e. The van der Waals surface area contributed by atoms with Gasteiger partial charge in [0.2, 0.25) is 0 Å². The summed E-state index contributed by atoms with van der Waals surface area (Å²) < 4.78 is 21.8. The first-order chi connectivity index (χ1) is 21.1. The summed E-state index contributed by atoms with van der Waals surface area (Å²) in [5.74, 6) is 0.739. The minimum atomic E-state index is -0.779. The molecule has 44 heavy (non-hydrogen) atoms. The van der Waals surface area contributed by atoms with Gasteiger partial charge in [-0.3, -0.25) is 9.36 Å². The highest BCUT2D eigenvalue weighted by molar-refractivity contribution is 14.1. The second kappa shape index (κ2) is 14.2. The summed E-state index contributed by atoms with van der Waals surface area (Å²) >= 11 is 11.8. The van der Waals surface area contributed by atoms with E-state index in [9.17, 15) is 9.59 Å². The highest BCUT2D eigenvalue weighted by Gasteiger charge is 2.35. The number of thiazole rings is 1. The third-order valence-electron chi connectivity index (χ3n) is 6.71. The van der Waals surface area contributed by atoms with E-state index in [1.54, 1.807) is 18.4 Å². The van der Waals surface area contributed by atoms with Crippen LogP contribution in [0.5, 0.6) is 11.5 Å². The molecule has 0 radical (unpaired) electrons. The van der Waals surface area contributed by atoms with Crippen molar-refractivity contribution in [2.24, 2.45) is 4.99 Å². The number of allylic oxidation sites excluding steroid dienone is 1. The average molecular weight is 855 g/mol. The van der Waals surface area contributed by atoms with Crippen LogP contribution in [0, 0.1) is 7.14 Å². The summed E-state index contributed by atoms with van der Waals surface area (Å²) in [6.45, 7) is 7.93. The van der Waals surface area contributed by atoms with Crippen LogP contribution in [-0.2, 0) is 16.1 Å². The molecule has 1 aliphatic rings. The molecule has 1 aromatic heterocycles. The number of carbonyl (C=O) groups excluding carboxylic acids is 1. The van der Waals surface area contributed by atoms with Crippen LogP contribution < -0.4 is 24.4 Å². The number of halogens is 3. The van der Waals surface area contributed by atoms with Gasteiger partial charge in [-0.1, -0.05) is 53.3 Å². The number of carbonyl (C=O) groups is 1. The first-order valence-corrected chi connectivity index (χ1v) is 17.2. The van der Waals surface area contributed by atoms with Crippen molar-refractivity contribution in [3.8, 4) is 11.5 Å². The van der Waals surface area contributed by atoms with Gasteiger partial charge in [-0.25, -0.2) is 9.79 Å². The molecule has 7 nitrogen and oxygen atoms in total. The van der Waals surface area contributed by atoms with E-state index in [-0.39, 0.29) is 18.3 Å². The Hall–Kier alpha value is -2.68. The SMILES string of the molecule is CCOC(=O)C1=C(C)N=c2s/c(=C\c3cc(I)cc(I)c3OCc3ccc(Cl)cc3)c(=O)n2[C@@H]1c1ccccc1OC(C)C. The summed E-state index contributed by atoms with van der Waals surface area (Å²) in [4.78, 5) is 32.8. The zero-order valence-corrected chi connectivity index (χ0v) is 30.3. The molecule has 0 N–H and O–H groups in total. The maximum atomic E-state index is 14.3. The summed E-state index contributed by atoms with van der Waals surface area (Å²) in [7, 11) is 0. The Morgan fingerprint density at radius 3 is 2.57 bits per heavy atom. The van der Waals surface area contributed by atoms with Crippen LogP contribution in [0.4, 0.5) is 0 Å². The second-order valence-electron chi connectivity index (χ2n) is 10.2. The predicted molar refractivity (Wildman–Crippen MR) is 190 cm³/mol. The second-order valence-corrected chi connectivity index (χ2v) is 14.1. The van der Waals surface area contributed by atoms with Crippen molar-refractivity contribution >= 4 is 80.2 Å². The monoisotopic (exact) mass is 854 g/mol. The lowest BCUT2D eigenvalue weighted by Crippen LogP contribution is -2.40. The summed E-state index contributed by atoms with van der Waals surface area (Å²) in [5, 5.41) is 0.659. The number of para-hydroxylation sites is 1. The number of rotatable bonds is 9. The Balaban J connectivity index is 1.67. The number of aromatic nitrogens is 1. The molecule has 0 fully saturated rings. The average Bonchev–Trinajstić information content (AvgIpc) is 3.26. The Bertz CT molecular complexity index is 1930. The normalized spacial score (nSPS) is 14.8. The summed E-state index contributed by atoms with van der Waals surface area (Å²) in [6, 6.07) is 18.2. The Morgan fingerprint density at radius 1 is 1.14 bits per heavy atom. The molecule has 4 aromatic rings. The van der Waals surface area contributed by atoms with Crippen molar-refractivity contribution in [1.82, 2.24) is 4.57 Å². The first kappa shape index (κ1) is 32.7. The number of hydrogen-bond acceptors (Lipinski definition) is 7. The number of esters is 1. The van der Waals surface area contributed by atoms with Crippen molar-refractivity contribution in [2.45, 2.75) is 46.4 Å². The molecule has 228 valence electrons. The van der Waals surface area contributed by atoms with Crippen LogP contribution in [-0.4, -0.2) is 23.2 Å². The molecule has 0 spiro atoms. The van der Waals surface area contributed by atoms with Gasteiger partial charge >= 0.3 is 5.97 Å². The van der Waals surface area contributed by atoms with E-state index in [4.69, 9.17) is 30.8 Å². The lowest BCUT2D eigenvalue weighted by Gasteiger charge is -2.26. The Labute approximate surface area is 291 Å². The molecule has 0 saturated carbocycles. The number of hydrogen-bond donors (Lipinski definition) is 0. The van der Waals surface area contributed by atoms with Gasteiger partial charge < -0.3 is 14.2 Å². The molecule has 0 saturated heterocycles. The highest BCUT2D eigenvalue weighted by Crippen LogP contribution is 2.36. The molecule has 0 unspecified atom stereocenters. The Kier molecular flexibility index (Phi) is 10.5. The molecule has 0 aliphatic carbocycles. The molecule has 0 amide bonds.